The summed E-state index contributed by atoms with van der Waals surface area (Å²) in [6.07, 6.45) is 3.07. The van der Waals surface area contributed by atoms with Crippen molar-refractivity contribution in [2.45, 2.75) is 13.8 Å². The number of carbonyl (C=O) groups is 1. The second-order valence-corrected chi connectivity index (χ2v) is 6.03. The summed E-state index contributed by atoms with van der Waals surface area (Å²) in [6.45, 7) is 3.91. The monoisotopic (exact) mass is 324 g/mol. The van der Waals surface area contributed by atoms with Gasteiger partial charge in [-0.15, -0.1) is 11.3 Å². The number of aryl methyl sites for hydroxylation is 2. The summed E-state index contributed by atoms with van der Waals surface area (Å²) in [6, 6.07) is 11.8. The summed E-state index contributed by atoms with van der Waals surface area (Å²) in [5, 5.41) is 5.27. The number of thiazole rings is 1. The Labute approximate surface area is 138 Å². The molecular formula is C18H16N2O2S. The van der Waals surface area contributed by atoms with Crippen LogP contribution in [0.2, 0.25) is 0 Å². The van der Waals surface area contributed by atoms with Gasteiger partial charge in [-0.3, -0.25) is 10.1 Å². The van der Waals surface area contributed by atoms with E-state index in [0.717, 1.165) is 17.0 Å². The van der Waals surface area contributed by atoms with E-state index in [2.05, 4.69) is 10.3 Å². The van der Waals surface area contributed by atoms with Gasteiger partial charge in [-0.25, -0.2) is 4.98 Å². The van der Waals surface area contributed by atoms with Gasteiger partial charge in [0, 0.05) is 17.0 Å². The van der Waals surface area contributed by atoms with E-state index in [-0.39, 0.29) is 5.91 Å². The molecule has 1 amide bonds. The standard InChI is InChI=1S/C18H16N2O2S/c1-12-3-6-14(7-4-12)16-11-23-18(19-16)20-17(21)10-9-15-8-5-13(2)22-15/h3-11H,1-2H3,(H,19,20,21)/b10-9+. The number of benzene rings is 1. The largest absolute Gasteiger partial charge is 0.462 e. The molecule has 0 aliphatic carbocycles. The minimum atomic E-state index is -0.233. The number of nitrogens with zero attached hydrogens (tertiary/aromatic N) is 1. The quantitative estimate of drug-likeness (QED) is 0.709. The predicted molar refractivity (Wildman–Crippen MR) is 93.4 cm³/mol. The van der Waals surface area contributed by atoms with E-state index in [4.69, 9.17) is 4.42 Å². The van der Waals surface area contributed by atoms with Crippen LogP contribution in [-0.4, -0.2) is 10.9 Å². The van der Waals surface area contributed by atoms with Crippen LogP contribution >= 0.6 is 11.3 Å². The van der Waals surface area contributed by atoms with Crippen LogP contribution in [0.15, 0.2) is 52.3 Å². The molecule has 0 saturated heterocycles. The van der Waals surface area contributed by atoms with Crippen molar-refractivity contribution in [3.8, 4) is 11.3 Å². The molecule has 0 aliphatic rings. The van der Waals surface area contributed by atoms with Crippen molar-refractivity contribution in [2.75, 3.05) is 5.32 Å². The van der Waals surface area contributed by atoms with Gasteiger partial charge in [0.05, 0.1) is 5.69 Å². The number of aromatic nitrogens is 1. The van der Waals surface area contributed by atoms with Gasteiger partial charge >= 0.3 is 0 Å². The molecule has 5 heteroatoms. The van der Waals surface area contributed by atoms with Crippen LogP contribution in [0.3, 0.4) is 0 Å². The van der Waals surface area contributed by atoms with Gasteiger partial charge in [-0.05, 0) is 32.1 Å². The van der Waals surface area contributed by atoms with Crippen LogP contribution in [-0.2, 0) is 4.79 Å². The summed E-state index contributed by atoms with van der Waals surface area (Å²) in [4.78, 5) is 16.3. The smallest absolute Gasteiger partial charge is 0.250 e. The van der Waals surface area contributed by atoms with Crippen molar-refractivity contribution in [1.29, 1.82) is 0 Å². The van der Waals surface area contributed by atoms with Crippen LogP contribution in [0.1, 0.15) is 17.1 Å². The fraction of sp³-hybridized carbons (Fsp3) is 0.111. The molecule has 0 unspecified atom stereocenters. The molecule has 23 heavy (non-hydrogen) atoms. The van der Waals surface area contributed by atoms with Crippen molar-refractivity contribution >= 4 is 28.5 Å². The molecule has 3 aromatic rings. The van der Waals surface area contributed by atoms with Gasteiger partial charge in [-0.1, -0.05) is 29.8 Å². The Morgan fingerprint density at radius 1 is 1.17 bits per heavy atom. The summed E-state index contributed by atoms with van der Waals surface area (Å²) in [5.74, 6) is 1.23. The fourth-order valence-corrected chi connectivity index (χ4v) is 2.76. The summed E-state index contributed by atoms with van der Waals surface area (Å²) < 4.78 is 5.38. The Hall–Kier alpha value is -2.66. The van der Waals surface area contributed by atoms with Crippen molar-refractivity contribution < 1.29 is 9.21 Å². The zero-order valence-corrected chi connectivity index (χ0v) is 13.7. The van der Waals surface area contributed by atoms with Crippen LogP contribution < -0.4 is 5.32 Å². The Morgan fingerprint density at radius 2 is 1.96 bits per heavy atom. The third-order valence-electron chi connectivity index (χ3n) is 3.24. The van der Waals surface area contributed by atoms with Crippen molar-refractivity contribution in [3.05, 3.63) is 64.9 Å². The number of amides is 1. The SMILES string of the molecule is Cc1ccc(-c2csc(NC(=O)/C=C/c3ccc(C)o3)n2)cc1. The van der Waals surface area contributed by atoms with E-state index < -0.39 is 0 Å². The Morgan fingerprint density at radius 3 is 2.65 bits per heavy atom. The highest BCUT2D eigenvalue weighted by molar-refractivity contribution is 7.14. The van der Waals surface area contributed by atoms with Gasteiger partial charge < -0.3 is 4.42 Å². The molecule has 0 fully saturated rings. The normalized spacial score (nSPS) is 11.0. The highest BCUT2D eigenvalue weighted by Crippen LogP contribution is 2.25. The van der Waals surface area contributed by atoms with Crippen molar-refractivity contribution in [1.82, 2.24) is 4.98 Å². The molecule has 2 heterocycles. The number of nitrogens with one attached hydrogen (secondary N) is 1. The first kappa shape index (κ1) is 15.2. The average molecular weight is 324 g/mol. The van der Waals surface area contributed by atoms with Gasteiger partial charge in [0.2, 0.25) is 5.91 Å². The van der Waals surface area contributed by atoms with E-state index in [1.807, 2.05) is 55.6 Å². The lowest BCUT2D eigenvalue weighted by Gasteiger charge is -1.98. The molecule has 116 valence electrons. The number of anilines is 1. The average Bonchev–Trinajstić information content (AvgIpc) is 3.15. The Bertz CT molecular complexity index is 844. The lowest BCUT2D eigenvalue weighted by atomic mass is 10.1. The minimum absolute atomic E-state index is 0.233. The molecule has 0 saturated carbocycles. The van der Waals surface area contributed by atoms with Gasteiger partial charge in [-0.2, -0.15) is 0 Å². The van der Waals surface area contributed by atoms with E-state index >= 15 is 0 Å². The maximum absolute atomic E-state index is 11.9. The Balaban J connectivity index is 1.65. The molecule has 2 aromatic heterocycles. The molecule has 0 aliphatic heterocycles. The lowest BCUT2D eigenvalue weighted by molar-refractivity contribution is -0.111. The molecule has 1 aromatic carbocycles. The molecule has 0 spiro atoms. The van der Waals surface area contributed by atoms with E-state index in [9.17, 15) is 4.79 Å². The van der Waals surface area contributed by atoms with Crippen LogP contribution in [0, 0.1) is 13.8 Å². The first-order chi connectivity index (χ1) is 11.1. The van der Waals surface area contributed by atoms with Crippen LogP contribution in [0.4, 0.5) is 5.13 Å². The first-order valence-corrected chi connectivity index (χ1v) is 8.06. The number of furan rings is 1. The second kappa shape index (κ2) is 6.62. The lowest BCUT2D eigenvalue weighted by Crippen LogP contribution is -2.07. The molecule has 0 radical (unpaired) electrons. The number of rotatable bonds is 4. The fourth-order valence-electron chi connectivity index (χ4n) is 2.04. The zero-order valence-electron chi connectivity index (χ0n) is 12.9. The molecule has 0 atom stereocenters. The summed E-state index contributed by atoms with van der Waals surface area (Å²) in [5.41, 5.74) is 3.10. The second-order valence-electron chi connectivity index (χ2n) is 5.17. The van der Waals surface area contributed by atoms with E-state index in [1.54, 1.807) is 6.08 Å². The molecule has 4 nitrogen and oxygen atoms in total. The Kier molecular flexibility index (Phi) is 4.39. The van der Waals surface area contributed by atoms with Gasteiger partial charge in [0.25, 0.3) is 0 Å². The van der Waals surface area contributed by atoms with E-state index in [0.29, 0.717) is 10.9 Å². The third kappa shape index (κ3) is 3.96. The number of carbonyl (C=O) groups excluding carboxylic acids is 1. The molecule has 0 bridgehead atoms. The molecular weight excluding hydrogens is 308 g/mol. The van der Waals surface area contributed by atoms with Crippen LogP contribution in [0.25, 0.3) is 17.3 Å². The van der Waals surface area contributed by atoms with Gasteiger partial charge in [0.15, 0.2) is 5.13 Å². The third-order valence-corrected chi connectivity index (χ3v) is 4.00. The number of hydrogen-bond donors (Lipinski definition) is 1. The molecule has 1 N–H and O–H groups in total. The first-order valence-electron chi connectivity index (χ1n) is 7.18. The maximum atomic E-state index is 11.9. The maximum Gasteiger partial charge on any atom is 0.250 e. The zero-order chi connectivity index (χ0) is 16.2. The van der Waals surface area contributed by atoms with E-state index in [1.165, 1.54) is 23.0 Å². The predicted octanol–water partition coefficient (Wildman–Crippen LogP) is 4.67. The highest BCUT2D eigenvalue weighted by Gasteiger charge is 2.06. The number of hydrogen-bond acceptors (Lipinski definition) is 4. The van der Waals surface area contributed by atoms with Gasteiger partial charge in [0.1, 0.15) is 11.5 Å². The summed E-state index contributed by atoms with van der Waals surface area (Å²) in [7, 11) is 0. The highest BCUT2D eigenvalue weighted by atomic mass is 32.1. The topological polar surface area (TPSA) is 55.1 Å². The van der Waals surface area contributed by atoms with Crippen molar-refractivity contribution in [3.63, 3.8) is 0 Å². The molecule has 3 rings (SSSR count). The summed E-state index contributed by atoms with van der Waals surface area (Å²) >= 11 is 1.40. The van der Waals surface area contributed by atoms with Crippen LogP contribution in [0.5, 0.6) is 0 Å². The van der Waals surface area contributed by atoms with Crippen molar-refractivity contribution in [2.24, 2.45) is 0 Å². The minimum Gasteiger partial charge on any atom is -0.462 e.